The zero-order valence-corrected chi connectivity index (χ0v) is 33.2. The summed E-state index contributed by atoms with van der Waals surface area (Å²) >= 11 is 0. The molecule has 4 aliphatic rings. The number of hydrogen-bond acceptors (Lipinski definition) is 19. The highest BCUT2D eigenvalue weighted by molar-refractivity contribution is 6.01. The standard InChI is InChI=1S/C39H51FN2O17/c1-23-18-28-27-11-10-25-20-26(43)13-14-36(25,2)38(27,40)31(44)21-37(28,3)39(23,59-33(46)8-7-17-57-42(51)52)32(45)22-55-35(48)58-29-12-9-24(19-30(29)53-4)34(47)54-15-5-6-16-56-41(49)50/h9,12-14,19-20,23,27-28,31,44,49-52H,5-8,10-11,15-18,21-22H2,1-4H3/t23-,27?,28?,31-,36-,37-,38-,39-/m0/s1. The van der Waals surface area contributed by atoms with Gasteiger partial charge in [-0.15, -0.1) is 0 Å². The van der Waals surface area contributed by atoms with E-state index in [1.165, 1.54) is 43.5 Å². The number of hydrogen-bond donors (Lipinski definition) is 5. The highest BCUT2D eigenvalue weighted by atomic mass is 19.1. The molecule has 0 heterocycles. The van der Waals surface area contributed by atoms with Crippen LogP contribution >= 0.6 is 0 Å². The number of ketones is 2. The summed E-state index contributed by atoms with van der Waals surface area (Å²) in [6.07, 6.45) is 1.93. The third kappa shape index (κ3) is 8.91. The number of carbonyl (C=O) groups is 5. The van der Waals surface area contributed by atoms with Crippen molar-refractivity contribution in [3.05, 3.63) is 47.6 Å². The fraction of sp³-hybridized carbons (Fsp3) is 0.615. The monoisotopic (exact) mass is 838 g/mol. The minimum atomic E-state index is -2.25. The summed E-state index contributed by atoms with van der Waals surface area (Å²) in [6.45, 7) is 3.67. The van der Waals surface area contributed by atoms with E-state index >= 15 is 4.39 Å². The van der Waals surface area contributed by atoms with Crippen LogP contribution in [-0.4, -0.2) is 117 Å². The summed E-state index contributed by atoms with van der Waals surface area (Å²) in [4.78, 5) is 75.0. The first-order chi connectivity index (χ1) is 27.8. The molecule has 0 aliphatic heterocycles. The van der Waals surface area contributed by atoms with E-state index < -0.39 is 87.2 Å². The maximum atomic E-state index is 17.8. The Labute approximate surface area is 338 Å². The maximum absolute atomic E-state index is 17.8. The smallest absolute Gasteiger partial charge is 0.493 e. The number of fused-ring (bicyclic) bond motifs is 5. The molecule has 1 aromatic carbocycles. The molecule has 0 radical (unpaired) electrons. The zero-order chi connectivity index (χ0) is 43.3. The van der Waals surface area contributed by atoms with Gasteiger partial charge < -0.3 is 28.8 Å². The van der Waals surface area contributed by atoms with Gasteiger partial charge in [0.25, 0.3) is 0 Å². The molecule has 0 bridgehead atoms. The Morgan fingerprint density at radius 1 is 0.932 bits per heavy atom. The molecule has 0 saturated heterocycles. The average molecular weight is 839 g/mol. The molecule has 4 aliphatic carbocycles. The molecular weight excluding hydrogens is 787 g/mol. The van der Waals surface area contributed by atoms with Gasteiger partial charge in [-0.3, -0.25) is 44.9 Å². The van der Waals surface area contributed by atoms with Crippen LogP contribution in [0.15, 0.2) is 42.0 Å². The Bertz CT molecular complexity index is 1820. The molecular formula is C39H51FN2O17. The molecule has 59 heavy (non-hydrogen) atoms. The Hall–Kier alpha value is -4.38. The van der Waals surface area contributed by atoms with Crippen molar-refractivity contribution >= 4 is 29.7 Å². The van der Waals surface area contributed by atoms with Crippen molar-refractivity contribution in [3.8, 4) is 11.5 Å². The lowest BCUT2D eigenvalue weighted by Crippen LogP contribution is -2.70. The van der Waals surface area contributed by atoms with Crippen LogP contribution in [0.4, 0.5) is 9.18 Å². The number of carbonyl (C=O) groups excluding carboxylic acids is 5. The summed E-state index contributed by atoms with van der Waals surface area (Å²) in [7, 11) is 1.25. The second-order valence-electron chi connectivity index (χ2n) is 15.7. The fourth-order valence-electron chi connectivity index (χ4n) is 9.82. The minimum Gasteiger partial charge on any atom is -0.493 e. The van der Waals surface area contributed by atoms with Crippen molar-refractivity contribution < 1.29 is 87.7 Å². The largest absolute Gasteiger partial charge is 0.514 e. The molecule has 1 aromatic rings. The van der Waals surface area contributed by atoms with Gasteiger partial charge in [-0.25, -0.2) is 14.0 Å². The van der Waals surface area contributed by atoms with Gasteiger partial charge in [-0.2, -0.15) is 0 Å². The Morgan fingerprint density at radius 3 is 2.29 bits per heavy atom. The van der Waals surface area contributed by atoms with Gasteiger partial charge in [-0.1, -0.05) is 25.5 Å². The number of aliphatic hydroxyl groups is 1. The van der Waals surface area contributed by atoms with E-state index in [4.69, 9.17) is 44.5 Å². The molecule has 3 saturated carbocycles. The molecule has 8 atom stereocenters. The van der Waals surface area contributed by atoms with Crippen molar-refractivity contribution in [1.82, 2.24) is 10.8 Å². The zero-order valence-electron chi connectivity index (χ0n) is 33.2. The van der Waals surface area contributed by atoms with E-state index in [1.54, 1.807) is 20.8 Å². The maximum Gasteiger partial charge on any atom is 0.514 e. The molecule has 5 rings (SSSR count). The lowest BCUT2D eigenvalue weighted by Gasteiger charge is -2.62. The van der Waals surface area contributed by atoms with Gasteiger partial charge in [-0.05, 0) is 88.1 Å². The van der Waals surface area contributed by atoms with Gasteiger partial charge >= 0.3 is 18.1 Å². The summed E-state index contributed by atoms with van der Waals surface area (Å²) in [6, 6.07) is 3.78. The molecule has 326 valence electrons. The number of Topliss-reactive ketones (excluding diaryl/α,β-unsaturated/α-hetero) is 1. The number of ether oxygens (including phenoxy) is 5. The number of rotatable bonds is 18. The number of unbranched alkanes of at least 4 members (excludes halogenated alkanes) is 1. The predicted molar refractivity (Wildman–Crippen MR) is 193 cm³/mol. The van der Waals surface area contributed by atoms with Gasteiger partial charge in [0.05, 0.1) is 49.4 Å². The van der Waals surface area contributed by atoms with Gasteiger partial charge in [0.1, 0.15) is 0 Å². The number of aliphatic hydroxyl groups excluding tert-OH is 1. The van der Waals surface area contributed by atoms with Crippen molar-refractivity contribution in [2.45, 2.75) is 89.5 Å². The first-order valence-corrected chi connectivity index (χ1v) is 19.2. The second kappa shape index (κ2) is 18.5. The number of benzene rings is 1. The molecule has 0 amide bonds. The third-order valence-electron chi connectivity index (χ3n) is 12.5. The van der Waals surface area contributed by atoms with Gasteiger partial charge in [0, 0.05) is 29.1 Å². The second-order valence-corrected chi connectivity index (χ2v) is 15.7. The lowest BCUT2D eigenvalue weighted by molar-refractivity contribution is -0.492. The molecule has 0 aromatic heterocycles. The molecule has 0 spiro atoms. The number of methoxy groups -OCH3 is 1. The molecule has 3 fully saturated rings. The lowest BCUT2D eigenvalue weighted by atomic mass is 9.44. The molecule has 20 heteroatoms. The number of esters is 2. The van der Waals surface area contributed by atoms with Gasteiger partial charge in [0.15, 0.2) is 35.2 Å². The first-order valence-electron chi connectivity index (χ1n) is 19.2. The van der Waals surface area contributed by atoms with Crippen LogP contribution in [0.2, 0.25) is 0 Å². The van der Waals surface area contributed by atoms with Crippen molar-refractivity contribution in [2.24, 2.45) is 28.6 Å². The Morgan fingerprint density at radius 2 is 1.61 bits per heavy atom. The number of halogens is 1. The number of alkyl halides is 1. The van der Waals surface area contributed by atoms with Crippen LogP contribution in [0.25, 0.3) is 0 Å². The van der Waals surface area contributed by atoms with Crippen molar-refractivity contribution in [1.29, 1.82) is 0 Å². The van der Waals surface area contributed by atoms with Crippen LogP contribution < -0.4 is 9.47 Å². The van der Waals surface area contributed by atoms with Crippen LogP contribution in [0.1, 0.15) is 82.5 Å². The van der Waals surface area contributed by atoms with Crippen molar-refractivity contribution in [3.63, 3.8) is 0 Å². The Balaban J connectivity index is 1.33. The fourth-order valence-corrected chi connectivity index (χ4v) is 9.82. The summed E-state index contributed by atoms with van der Waals surface area (Å²) in [5, 5.41) is 45.8. The summed E-state index contributed by atoms with van der Waals surface area (Å²) in [5.41, 5.74) is -6.38. The van der Waals surface area contributed by atoms with Crippen molar-refractivity contribution in [2.75, 3.05) is 33.5 Å². The topological polar surface area (TPSA) is 258 Å². The van der Waals surface area contributed by atoms with E-state index in [1.807, 2.05) is 0 Å². The van der Waals surface area contributed by atoms with E-state index in [-0.39, 0.29) is 74.8 Å². The van der Waals surface area contributed by atoms with Crippen LogP contribution in [-0.2, 0) is 38.3 Å². The highest BCUT2D eigenvalue weighted by Crippen LogP contribution is 2.71. The molecule has 19 nitrogen and oxygen atoms in total. The van der Waals surface area contributed by atoms with Gasteiger partial charge in [0.2, 0.25) is 5.78 Å². The number of nitrogens with zero attached hydrogens (tertiary/aromatic N) is 2. The van der Waals surface area contributed by atoms with Crippen LogP contribution in [0, 0.1) is 28.6 Å². The van der Waals surface area contributed by atoms with E-state index in [9.17, 15) is 29.1 Å². The van der Waals surface area contributed by atoms with E-state index in [0.717, 1.165) is 0 Å². The Kier molecular flexibility index (Phi) is 14.3. The SMILES string of the molecule is COc1cc(C(=O)OCCCCON(O)O)ccc1OC(=O)OCC(=O)[C@@]1(OC(=O)CCCON(O)O)[C@@H](C)CC2C3CCC4=CC(=O)C=C[C@]4(C)[C@@]3(F)[C@@H](O)C[C@@]21C. The summed E-state index contributed by atoms with van der Waals surface area (Å²) in [5.74, 6) is -5.21. The first kappa shape index (κ1) is 45.7. The van der Waals surface area contributed by atoms with E-state index in [0.29, 0.717) is 24.8 Å². The average Bonchev–Trinajstić information content (AvgIpc) is 3.39. The normalized spacial score (nSPS) is 30.8. The highest BCUT2D eigenvalue weighted by Gasteiger charge is 2.77. The van der Waals surface area contributed by atoms with E-state index in [2.05, 4.69) is 9.68 Å². The predicted octanol–water partition coefficient (Wildman–Crippen LogP) is 4.42. The minimum absolute atomic E-state index is 0.0127. The summed E-state index contributed by atoms with van der Waals surface area (Å²) < 4.78 is 45.1. The van der Waals surface area contributed by atoms with Crippen LogP contribution in [0.3, 0.4) is 0 Å². The van der Waals surface area contributed by atoms with Crippen LogP contribution in [0.5, 0.6) is 11.5 Å². The molecule has 2 unspecified atom stereocenters. The molecule has 5 N–H and O–H groups in total. The third-order valence-corrected chi connectivity index (χ3v) is 12.5. The quantitative estimate of drug-likeness (QED) is 0.0451. The number of allylic oxidation sites excluding steroid dienone is 4.